The van der Waals surface area contributed by atoms with Crippen LogP contribution in [0.3, 0.4) is 0 Å². The average Bonchev–Trinajstić information content (AvgIpc) is 2.82. The van der Waals surface area contributed by atoms with Crippen LogP contribution < -0.4 is 20.7 Å². The van der Waals surface area contributed by atoms with Gasteiger partial charge in [0.15, 0.2) is 0 Å². The van der Waals surface area contributed by atoms with E-state index in [1.54, 1.807) is 0 Å². The Bertz CT molecular complexity index is 837. The van der Waals surface area contributed by atoms with Crippen molar-refractivity contribution < 1.29 is 9.59 Å². The van der Waals surface area contributed by atoms with Crippen molar-refractivity contribution in [2.45, 2.75) is 27.7 Å². The van der Waals surface area contributed by atoms with Gasteiger partial charge in [-0.3, -0.25) is 9.59 Å². The number of anilines is 2. The molecule has 0 spiro atoms. The summed E-state index contributed by atoms with van der Waals surface area (Å²) in [5, 5.41) is 7.66. The van der Waals surface area contributed by atoms with E-state index in [-0.39, 0.29) is 0 Å². The van der Waals surface area contributed by atoms with Crippen LogP contribution in [0.2, 0.25) is 0 Å². The number of amides is 2. The Balaban J connectivity index is 1.82. The minimum absolute atomic E-state index is 0.813. The van der Waals surface area contributed by atoms with Gasteiger partial charge in [-0.25, -0.2) is 10.9 Å². The number of benzene rings is 2. The Kier molecular flexibility index (Phi) is 9.90. The van der Waals surface area contributed by atoms with Crippen molar-refractivity contribution >= 4 is 35.6 Å². The fourth-order valence-corrected chi connectivity index (χ4v) is 3.15. The zero-order chi connectivity index (χ0) is 23.3. The second-order valence-electron chi connectivity index (χ2n) is 6.93. The maximum Gasteiger partial charge on any atom is 0.331 e. The third kappa shape index (κ3) is 7.23. The maximum absolute atomic E-state index is 11.9. The van der Waals surface area contributed by atoms with E-state index in [0.717, 1.165) is 48.7 Å². The smallest absolute Gasteiger partial charge is 0.331 e. The lowest BCUT2D eigenvalue weighted by Crippen LogP contribution is -2.35. The monoisotopic (exact) mass is 436 g/mol. The Labute approximate surface area is 190 Å². The van der Waals surface area contributed by atoms with Crippen molar-refractivity contribution in [1.82, 2.24) is 10.9 Å². The molecule has 32 heavy (non-hydrogen) atoms. The topological polar surface area (TPSA) is 89.4 Å². The summed E-state index contributed by atoms with van der Waals surface area (Å²) in [7, 11) is 0. The molecule has 2 rings (SSSR count). The summed E-state index contributed by atoms with van der Waals surface area (Å²) in [6, 6.07) is 15.6. The number of hydrazone groups is 2. The molecule has 0 aliphatic heterocycles. The highest BCUT2D eigenvalue weighted by molar-refractivity contribution is 6.35. The van der Waals surface area contributed by atoms with Gasteiger partial charge in [-0.1, -0.05) is 24.3 Å². The molecule has 0 atom stereocenters. The summed E-state index contributed by atoms with van der Waals surface area (Å²) in [4.78, 5) is 28.2. The molecule has 0 unspecified atom stereocenters. The minimum Gasteiger partial charge on any atom is -0.372 e. The van der Waals surface area contributed by atoms with Crippen LogP contribution in [-0.4, -0.2) is 50.4 Å². The molecule has 0 radical (unpaired) electrons. The van der Waals surface area contributed by atoms with Crippen LogP contribution in [0.5, 0.6) is 0 Å². The largest absolute Gasteiger partial charge is 0.372 e. The van der Waals surface area contributed by atoms with Crippen LogP contribution in [0.25, 0.3) is 0 Å². The van der Waals surface area contributed by atoms with Crippen LogP contribution in [0, 0.1) is 0 Å². The molecule has 2 aromatic rings. The Morgan fingerprint density at radius 1 is 0.656 bits per heavy atom. The molecule has 0 saturated carbocycles. The van der Waals surface area contributed by atoms with Gasteiger partial charge >= 0.3 is 11.8 Å². The quantitative estimate of drug-likeness (QED) is 0.340. The lowest BCUT2D eigenvalue weighted by atomic mass is 10.2. The van der Waals surface area contributed by atoms with E-state index in [0.29, 0.717) is 0 Å². The number of carbonyl (C=O) groups is 2. The summed E-state index contributed by atoms with van der Waals surface area (Å²) < 4.78 is 0. The van der Waals surface area contributed by atoms with E-state index in [1.807, 2.05) is 48.5 Å². The van der Waals surface area contributed by atoms with Gasteiger partial charge in [0, 0.05) is 37.6 Å². The summed E-state index contributed by atoms with van der Waals surface area (Å²) in [6.45, 7) is 12.1. The third-order valence-corrected chi connectivity index (χ3v) is 5.01. The standard InChI is InChI=1S/C24H32N6O2/c1-5-29(6-2)21-13-9-19(10-14-21)17-25-27-23(31)24(32)28-26-18-20-11-15-22(16-12-20)30(7-3)8-4/h9-18H,5-8H2,1-4H3,(H,27,31)(H,28,32)/b25-17-,26-18?. The molecular weight excluding hydrogens is 404 g/mol. The van der Waals surface area contributed by atoms with Gasteiger partial charge in [-0.05, 0) is 63.1 Å². The van der Waals surface area contributed by atoms with Gasteiger partial charge in [0.05, 0.1) is 12.4 Å². The number of carbonyl (C=O) groups excluding carboxylic acids is 2. The van der Waals surface area contributed by atoms with Crippen molar-refractivity contribution in [1.29, 1.82) is 0 Å². The molecule has 8 nitrogen and oxygen atoms in total. The highest BCUT2D eigenvalue weighted by Crippen LogP contribution is 2.14. The van der Waals surface area contributed by atoms with Crippen LogP contribution in [-0.2, 0) is 9.59 Å². The van der Waals surface area contributed by atoms with Crippen molar-refractivity contribution in [3.63, 3.8) is 0 Å². The second-order valence-corrected chi connectivity index (χ2v) is 6.93. The average molecular weight is 437 g/mol. The van der Waals surface area contributed by atoms with Crippen molar-refractivity contribution in [3.8, 4) is 0 Å². The van der Waals surface area contributed by atoms with Crippen LogP contribution in [0.4, 0.5) is 11.4 Å². The van der Waals surface area contributed by atoms with Crippen LogP contribution >= 0.6 is 0 Å². The van der Waals surface area contributed by atoms with E-state index in [2.05, 4.69) is 58.5 Å². The number of rotatable bonds is 10. The first kappa shape index (κ1) is 24.6. The number of hydrogen-bond donors (Lipinski definition) is 2. The van der Waals surface area contributed by atoms with Crippen molar-refractivity contribution in [3.05, 3.63) is 59.7 Å². The minimum atomic E-state index is -0.893. The van der Waals surface area contributed by atoms with Crippen molar-refractivity contribution in [2.75, 3.05) is 36.0 Å². The summed E-state index contributed by atoms with van der Waals surface area (Å²) in [5.41, 5.74) is 8.27. The molecule has 0 heterocycles. The second kappa shape index (κ2) is 12.9. The molecule has 0 aromatic heterocycles. The lowest BCUT2D eigenvalue weighted by molar-refractivity contribution is -0.139. The van der Waals surface area contributed by atoms with E-state index < -0.39 is 11.8 Å². The fourth-order valence-electron chi connectivity index (χ4n) is 3.15. The van der Waals surface area contributed by atoms with E-state index >= 15 is 0 Å². The normalized spacial score (nSPS) is 11.0. The molecule has 2 N–H and O–H groups in total. The Morgan fingerprint density at radius 2 is 0.969 bits per heavy atom. The molecule has 0 saturated heterocycles. The SMILES string of the molecule is CCN(CC)c1ccc(C=NNC(=O)C(=O)N/N=C\c2ccc(N(CC)CC)cc2)cc1. The van der Waals surface area contributed by atoms with Gasteiger partial charge in [0.1, 0.15) is 0 Å². The van der Waals surface area contributed by atoms with Gasteiger partial charge in [-0.15, -0.1) is 0 Å². The molecule has 2 amide bonds. The molecule has 0 aliphatic rings. The first-order valence-electron chi connectivity index (χ1n) is 10.9. The van der Waals surface area contributed by atoms with Gasteiger partial charge in [0.25, 0.3) is 0 Å². The molecule has 8 heteroatoms. The summed E-state index contributed by atoms with van der Waals surface area (Å²) in [5.74, 6) is -1.79. The van der Waals surface area contributed by atoms with Gasteiger partial charge in [-0.2, -0.15) is 10.2 Å². The van der Waals surface area contributed by atoms with E-state index in [1.165, 1.54) is 12.4 Å². The molecule has 0 bridgehead atoms. The van der Waals surface area contributed by atoms with Crippen LogP contribution in [0.15, 0.2) is 58.7 Å². The fraction of sp³-hybridized carbons (Fsp3) is 0.333. The van der Waals surface area contributed by atoms with E-state index in [9.17, 15) is 9.59 Å². The van der Waals surface area contributed by atoms with Gasteiger partial charge < -0.3 is 9.80 Å². The first-order valence-corrected chi connectivity index (χ1v) is 10.9. The predicted octanol–water partition coefficient (Wildman–Crippen LogP) is 2.98. The molecular formula is C24H32N6O2. The number of hydrogen-bond acceptors (Lipinski definition) is 6. The Hall–Kier alpha value is -3.68. The molecule has 0 aliphatic carbocycles. The van der Waals surface area contributed by atoms with Crippen LogP contribution in [0.1, 0.15) is 38.8 Å². The summed E-state index contributed by atoms with van der Waals surface area (Å²) in [6.07, 6.45) is 2.97. The highest BCUT2D eigenvalue weighted by Gasteiger charge is 2.11. The Morgan fingerprint density at radius 3 is 1.25 bits per heavy atom. The highest BCUT2D eigenvalue weighted by atomic mass is 16.2. The lowest BCUT2D eigenvalue weighted by Gasteiger charge is -2.20. The zero-order valence-electron chi connectivity index (χ0n) is 19.2. The van der Waals surface area contributed by atoms with Crippen molar-refractivity contribution in [2.24, 2.45) is 10.2 Å². The number of nitrogens with one attached hydrogen (secondary N) is 2. The third-order valence-electron chi connectivity index (χ3n) is 5.01. The molecule has 0 fully saturated rings. The zero-order valence-corrected chi connectivity index (χ0v) is 19.2. The maximum atomic E-state index is 11.9. The molecule has 2 aromatic carbocycles. The van der Waals surface area contributed by atoms with Gasteiger partial charge in [0.2, 0.25) is 0 Å². The number of nitrogens with zero attached hydrogens (tertiary/aromatic N) is 4. The summed E-state index contributed by atoms with van der Waals surface area (Å²) >= 11 is 0. The van der Waals surface area contributed by atoms with E-state index in [4.69, 9.17) is 0 Å². The molecule has 170 valence electrons. The predicted molar refractivity (Wildman–Crippen MR) is 131 cm³/mol. The first-order chi connectivity index (χ1) is 15.5.